The first-order valence-electron chi connectivity index (χ1n) is 20.1. The second kappa shape index (κ2) is 12.1. The molecule has 59 heavy (non-hydrogen) atoms. The molecule has 0 fully saturated rings. The molecule has 4 heteroatoms. The van der Waals surface area contributed by atoms with E-state index in [0.29, 0.717) is 17.2 Å². The molecule has 9 aromatic carbocycles. The zero-order valence-electron chi connectivity index (χ0n) is 31.7. The first-order valence-corrected chi connectivity index (χ1v) is 20.1. The normalized spacial score (nSPS) is 13.5. The van der Waals surface area contributed by atoms with Crippen LogP contribution in [0.3, 0.4) is 0 Å². The van der Waals surface area contributed by atoms with Gasteiger partial charge in [0, 0.05) is 33.7 Å². The van der Waals surface area contributed by atoms with Crippen LogP contribution < -0.4 is 14.4 Å². The topological polar surface area (TPSA) is 34.8 Å². The molecule has 2 aliphatic carbocycles. The lowest BCUT2D eigenvalue weighted by molar-refractivity contribution is 0.360. The van der Waals surface area contributed by atoms with Crippen molar-refractivity contribution in [3.8, 4) is 56.4 Å². The van der Waals surface area contributed by atoms with Crippen LogP contribution in [0.2, 0.25) is 0 Å². The summed E-state index contributed by atoms with van der Waals surface area (Å²) in [5.41, 5.74) is 16.3. The van der Waals surface area contributed by atoms with Gasteiger partial charge in [0.2, 0.25) is 0 Å². The van der Waals surface area contributed by atoms with E-state index in [-0.39, 0.29) is 0 Å². The highest BCUT2D eigenvalue weighted by atomic mass is 16.6. The highest BCUT2D eigenvalue weighted by molar-refractivity contribution is 6.06. The molecule has 3 aliphatic rings. The number of hydrogen-bond donors (Lipinski definition) is 0. The Morgan fingerprint density at radius 1 is 0.373 bits per heavy atom. The lowest BCUT2D eigenvalue weighted by atomic mass is 9.70. The Balaban J connectivity index is 0.965. The van der Waals surface area contributed by atoms with Crippen molar-refractivity contribution in [3.63, 3.8) is 0 Å². The van der Waals surface area contributed by atoms with Gasteiger partial charge in [-0.15, -0.1) is 0 Å². The summed E-state index contributed by atoms with van der Waals surface area (Å²) in [7, 11) is 0. The van der Waals surface area contributed by atoms with E-state index in [2.05, 4.69) is 187 Å². The molecule has 4 nitrogen and oxygen atoms in total. The second-order valence-corrected chi connectivity index (χ2v) is 15.5. The van der Waals surface area contributed by atoms with E-state index in [1.54, 1.807) is 0 Å². The minimum Gasteiger partial charge on any atom is -0.456 e. The van der Waals surface area contributed by atoms with Gasteiger partial charge < -0.3 is 18.8 Å². The van der Waals surface area contributed by atoms with E-state index in [9.17, 15) is 0 Å². The van der Waals surface area contributed by atoms with Gasteiger partial charge in [0.05, 0.1) is 16.8 Å². The Labute approximate surface area is 340 Å². The van der Waals surface area contributed by atoms with Gasteiger partial charge in [0.25, 0.3) is 0 Å². The molecule has 1 aromatic heterocycles. The SMILES string of the molecule is c1ccc(N(c2ccc3c(c2)Oc2c(ccc4c2-c2ccccc2C42c4ccccc4-c4ccccc42)O3)c2ccccc2-c2ccc3c(c2)oc2ccccc23)cc1. The van der Waals surface area contributed by atoms with E-state index >= 15 is 0 Å². The van der Waals surface area contributed by atoms with E-state index < -0.39 is 5.41 Å². The third-order valence-corrected chi connectivity index (χ3v) is 12.5. The minimum absolute atomic E-state index is 0.473. The second-order valence-electron chi connectivity index (χ2n) is 15.5. The third-order valence-electron chi connectivity index (χ3n) is 12.5. The van der Waals surface area contributed by atoms with Crippen LogP contribution in [0.4, 0.5) is 17.1 Å². The van der Waals surface area contributed by atoms with Crippen molar-refractivity contribution in [2.45, 2.75) is 5.41 Å². The van der Waals surface area contributed by atoms with E-state index in [4.69, 9.17) is 13.9 Å². The summed E-state index contributed by atoms with van der Waals surface area (Å²) in [6.07, 6.45) is 0. The summed E-state index contributed by atoms with van der Waals surface area (Å²) in [6.45, 7) is 0. The Bertz CT molecular complexity index is 3320. The number of anilines is 3. The van der Waals surface area contributed by atoms with Crippen LogP contribution in [-0.4, -0.2) is 0 Å². The molecule has 2 heterocycles. The summed E-state index contributed by atoms with van der Waals surface area (Å²) in [4.78, 5) is 2.30. The van der Waals surface area contributed by atoms with Gasteiger partial charge in [0.15, 0.2) is 23.0 Å². The summed E-state index contributed by atoms with van der Waals surface area (Å²) >= 11 is 0. The average molecular weight is 756 g/mol. The number of furan rings is 1. The molecule has 13 rings (SSSR count). The van der Waals surface area contributed by atoms with E-state index in [0.717, 1.165) is 67.0 Å². The van der Waals surface area contributed by atoms with Crippen molar-refractivity contribution in [1.82, 2.24) is 0 Å². The molecule has 0 bridgehead atoms. The Morgan fingerprint density at radius 2 is 1.00 bits per heavy atom. The van der Waals surface area contributed by atoms with Crippen molar-refractivity contribution in [1.29, 1.82) is 0 Å². The maximum atomic E-state index is 7.15. The lowest BCUT2D eigenvalue weighted by Gasteiger charge is -2.31. The van der Waals surface area contributed by atoms with Gasteiger partial charge in [-0.25, -0.2) is 0 Å². The molecule has 1 spiro atoms. The molecular weight excluding hydrogens is 723 g/mol. The molecule has 0 saturated heterocycles. The van der Waals surface area contributed by atoms with Crippen molar-refractivity contribution in [3.05, 3.63) is 222 Å². The summed E-state index contributed by atoms with van der Waals surface area (Å²) in [6, 6.07) is 70.9. The van der Waals surface area contributed by atoms with Gasteiger partial charge in [-0.3, -0.25) is 0 Å². The molecule has 0 N–H and O–H groups in total. The quantitative estimate of drug-likeness (QED) is 0.179. The molecule has 0 saturated carbocycles. The Hall–Kier alpha value is -7.82. The van der Waals surface area contributed by atoms with E-state index in [1.807, 2.05) is 18.2 Å². The number of ether oxygens (including phenoxy) is 2. The number of fused-ring (bicyclic) bond motifs is 16. The van der Waals surface area contributed by atoms with Gasteiger partial charge in [-0.2, -0.15) is 0 Å². The van der Waals surface area contributed by atoms with Crippen LogP contribution in [0.15, 0.2) is 205 Å². The maximum absolute atomic E-state index is 7.15. The minimum atomic E-state index is -0.473. The first-order chi connectivity index (χ1) is 29.3. The molecule has 0 unspecified atom stereocenters. The van der Waals surface area contributed by atoms with Crippen LogP contribution >= 0.6 is 0 Å². The van der Waals surface area contributed by atoms with Crippen LogP contribution in [0.5, 0.6) is 23.0 Å². The smallest absolute Gasteiger partial charge is 0.178 e. The number of benzene rings is 9. The van der Waals surface area contributed by atoms with Crippen LogP contribution in [0.25, 0.3) is 55.3 Å². The van der Waals surface area contributed by atoms with Gasteiger partial charge in [0.1, 0.15) is 11.2 Å². The number of para-hydroxylation sites is 3. The van der Waals surface area contributed by atoms with Gasteiger partial charge in [-0.05, 0) is 99.1 Å². The van der Waals surface area contributed by atoms with Crippen LogP contribution in [0, 0.1) is 0 Å². The maximum Gasteiger partial charge on any atom is 0.178 e. The number of hydrogen-bond acceptors (Lipinski definition) is 4. The van der Waals surface area contributed by atoms with Gasteiger partial charge >= 0.3 is 0 Å². The fraction of sp³-hybridized carbons (Fsp3) is 0.0182. The lowest BCUT2D eigenvalue weighted by Crippen LogP contribution is -2.25. The predicted molar refractivity (Wildman–Crippen MR) is 237 cm³/mol. The molecule has 0 radical (unpaired) electrons. The number of rotatable bonds is 4. The molecule has 10 aromatic rings. The van der Waals surface area contributed by atoms with Crippen LogP contribution in [0.1, 0.15) is 22.3 Å². The largest absolute Gasteiger partial charge is 0.456 e. The fourth-order valence-electron chi connectivity index (χ4n) is 10.2. The fourth-order valence-corrected chi connectivity index (χ4v) is 10.2. The van der Waals surface area contributed by atoms with Crippen molar-refractivity contribution < 1.29 is 13.9 Å². The molecule has 276 valence electrons. The standard InChI is InChI=1S/C55H33NO3/c1-2-14-35(15-3-1)56(47-24-12-7-16-37(47)34-26-28-41-40-19-8-13-25-48(40)57-51(41)32-34)36-27-30-49-52(33-36)59-54-50(58-49)31-29-46-53(54)42-20-6-11-23-45(42)55(46)43-21-9-4-17-38(43)39-18-5-10-22-44(39)55/h1-33H. The van der Waals surface area contributed by atoms with Crippen LogP contribution in [-0.2, 0) is 5.41 Å². The van der Waals surface area contributed by atoms with Gasteiger partial charge in [-0.1, -0.05) is 140 Å². The average Bonchev–Trinajstić information content (AvgIpc) is 3.93. The van der Waals surface area contributed by atoms with Crippen molar-refractivity contribution in [2.24, 2.45) is 0 Å². The highest BCUT2D eigenvalue weighted by Gasteiger charge is 2.53. The molecule has 1 aliphatic heterocycles. The zero-order chi connectivity index (χ0) is 38.7. The molecule has 0 amide bonds. The first kappa shape index (κ1) is 32.3. The zero-order valence-corrected chi connectivity index (χ0v) is 31.7. The highest BCUT2D eigenvalue weighted by Crippen LogP contribution is 2.66. The summed E-state index contributed by atoms with van der Waals surface area (Å²) in [5.74, 6) is 2.79. The monoisotopic (exact) mass is 755 g/mol. The Kier molecular flexibility index (Phi) is 6.62. The van der Waals surface area contributed by atoms with Crippen molar-refractivity contribution >= 4 is 39.0 Å². The molecular formula is C55H33NO3. The summed E-state index contributed by atoms with van der Waals surface area (Å²) < 4.78 is 20.3. The Morgan fingerprint density at radius 3 is 1.80 bits per heavy atom. The number of nitrogens with zero attached hydrogens (tertiary/aromatic N) is 1. The third kappa shape index (κ3) is 4.43. The summed E-state index contributed by atoms with van der Waals surface area (Å²) in [5, 5.41) is 2.23. The van der Waals surface area contributed by atoms with Crippen molar-refractivity contribution in [2.75, 3.05) is 4.90 Å². The predicted octanol–water partition coefficient (Wildman–Crippen LogP) is 15.0. The molecule has 0 atom stereocenters. The van der Waals surface area contributed by atoms with E-state index in [1.165, 1.54) is 33.4 Å².